The van der Waals surface area contributed by atoms with Crippen LogP contribution >= 0.6 is 12.2 Å². The van der Waals surface area contributed by atoms with Gasteiger partial charge in [0, 0.05) is 0 Å². The molecule has 0 spiro atoms. The van der Waals surface area contributed by atoms with Crippen LogP contribution in [0, 0.1) is 0 Å². The third-order valence-electron chi connectivity index (χ3n) is 0.747. The Morgan fingerprint density at radius 2 is 2.33 bits per heavy atom. The van der Waals surface area contributed by atoms with Crippen molar-refractivity contribution >= 4 is 17.2 Å². The predicted molar refractivity (Wildman–Crippen MR) is 36.2 cm³/mol. The van der Waals surface area contributed by atoms with E-state index in [1.807, 2.05) is 0 Å². The largest absolute Gasteiger partial charge is 0.465 e. The minimum absolute atomic E-state index is 0.194. The molecule has 4 heteroatoms. The van der Waals surface area contributed by atoms with Gasteiger partial charge in [-0.15, -0.1) is 0 Å². The molecule has 0 atom stereocenters. The Morgan fingerprint density at radius 1 is 1.56 bits per heavy atom. The zero-order valence-electron chi connectivity index (χ0n) is 4.53. The van der Waals surface area contributed by atoms with Gasteiger partial charge in [0.2, 0.25) is 0 Å². The lowest BCUT2D eigenvalue weighted by atomic mass is 10.5. The molecular formula is C5H5NO2S. The van der Waals surface area contributed by atoms with Crippen LogP contribution in [-0.4, -0.2) is 4.99 Å². The van der Waals surface area contributed by atoms with E-state index < -0.39 is 0 Å². The van der Waals surface area contributed by atoms with Gasteiger partial charge in [-0.05, 0) is 0 Å². The van der Waals surface area contributed by atoms with E-state index in [-0.39, 0.29) is 4.99 Å². The van der Waals surface area contributed by atoms with Crippen LogP contribution in [0.4, 0.5) is 0 Å². The van der Waals surface area contributed by atoms with Gasteiger partial charge in [0.1, 0.15) is 23.8 Å². The topological polar surface area (TPSA) is 44.5 Å². The number of ether oxygens (including phenoxy) is 2. The lowest BCUT2D eigenvalue weighted by Crippen LogP contribution is -2.13. The van der Waals surface area contributed by atoms with Crippen LogP contribution in [-0.2, 0) is 9.47 Å². The van der Waals surface area contributed by atoms with Crippen LogP contribution in [0.25, 0.3) is 0 Å². The summed E-state index contributed by atoms with van der Waals surface area (Å²) in [5.74, 6) is 0.382. The lowest BCUT2D eigenvalue weighted by Gasteiger charge is -2.06. The summed E-state index contributed by atoms with van der Waals surface area (Å²) in [4.78, 5) is 0.194. The van der Waals surface area contributed by atoms with Crippen molar-refractivity contribution in [3.63, 3.8) is 0 Å². The molecule has 2 N–H and O–H groups in total. The van der Waals surface area contributed by atoms with E-state index in [0.717, 1.165) is 0 Å². The van der Waals surface area contributed by atoms with Gasteiger partial charge < -0.3 is 15.2 Å². The number of rotatable bonds is 1. The van der Waals surface area contributed by atoms with Crippen LogP contribution in [0.1, 0.15) is 0 Å². The summed E-state index contributed by atoms with van der Waals surface area (Å²) in [6.07, 6.45) is 4.11. The molecule has 0 saturated heterocycles. The molecule has 3 nitrogen and oxygen atoms in total. The number of thiocarbonyl (C=S) groups is 1. The molecule has 0 aromatic carbocycles. The Morgan fingerprint density at radius 3 is 2.67 bits per heavy atom. The smallest absolute Gasteiger partial charge is 0.195 e. The summed E-state index contributed by atoms with van der Waals surface area (Å²) in [7, 11) is 0. The third-order valence-corrected chi connectivity index (χ3v) is 0.948. The standard InChI is InChI=1S/C5H5NO2S/c6-5(9)4-3-7-1-2-8-4/h1-3H,(H2,6,9). The Hall–Kier alpha value is -1.03. The van der Waals surface area contributed by atoms with Gasteiger partial charge in [-0.1, -0.05) is 12.2 Å². The second kappa shape index (κ2) is 2.50. The molecule has 0 bridgehead atoms. The Kier molecular flexibility index (Phi) is 1.69. The highest BCUT2D eigenvalue weighted by atomic mass is 32.1. The lowest BCUT2D eigenvalue weighted by molar-refractivity contribution is 0.275. The molecule has 9 heavy (non-hydrogen) atoms. The van der Waals surface area contributed by atoms with Gasteiger partial charge in [-0.25, -0.2) is 0 Å². The summed E-state index contributed by atoms with van der Waals surface area (Å²) >= 11 is 4.59. The summed E-state index contributed by atoms with van der Waals surface area (Å²) in [5.41, 5.74) is 5.19. The van der Waals surface area contributed by atoms with E-state index in [4.69, 9.17) is 15.2 Å². The van der Waals surface area contributed by atoms with Crippen LogP contribution in [0.15, 0.2) is 24.5 Å². The van der Waals surface area contributed by atoms with Gasteiger partial charge in [-0.3, -0.25) is 0 Å². The SMILES string of the molecule is NC(=S)C1=COC=CO1. The van der Waals surface area contributed by atoms with E-state index in [2.05, 4.69) is 12.2 Å². The number of nitrogens with two attached hydrogens (primary N) is 1. The highest BCUT2D eigenvalue weighted by Gasteiger charge is 2.02. The second-order valence-electron chi connectivity index (χ2n) is 1.37. The maximum absolute atomic E-state index is 5.19. The molecule has 0 aromatic rings. The molecule has 0 fully saturated rings. The number of hydrogen-bond donors (Lipinski definition) is 1. The fourth-order valence-electron chi connectivity index (χ4n) is 0.378. The maximum atomic E-state index is 5.19. The van der Waals surface area contributed by atoms with Crippen molar-refractivity contribution in [2.75, 3.05) is 0 Å². The van der Waals surface area contributed by atoms with Crippen LogP contribution in [0.2, 0.25) is 0 Å². The average molecular weight is 143 g/mol. The minimum Gasteiger partial charge on any atom is -0.465 e. The molecule has 0 saturated carbocycles. The molecule has 0 unspecified atom stereocenters. The molecule has 0 aromatic heterocycles. The van der Waals surface area contributed by atoms with Crippen molar-refractivity contribution in [3.8, 4) is 0 Å². The Labute approximate surface area is 57.7 Å². The van der Waals surface area contributed by atoms with Gasteiger partial charge >= 0.3 is 0 Å². The monoisotopic (exact) mass is 143 g/mol. The quantitative estimate of drug-likeness (QED) is 0.547. The van der Waals surface area contributed by atoms with Gasteiger partial charge in [0.05, 0.1) is 0 Å². The third kappa shape index (κ3) is 1.43. The first kappa shape index (κ1) is 6.10. The van der Waals surface area contributed by atoms with Crippen molar-refractivity contribution in [1.29, 1.82) is 0 Å². The first-order valence-electron chi connectivity index (χ1n) is 2.28. The van der Waals surface area contributed by atoms with Crippen molar-refractivity contribution in [1.82, 2.24) is 0 Å². The Bertz CT molecular complexity index is 185. The normalized spacial score (nSPS) is 15.3. The molecule has 48 valence electrons. The second-order valence-corrected chi connectivity index (χ2v) is 1.81. The highest BCUT2D eigenvalue weighted by Crippen LogP contribution is 2.04. The zero-order chi connectivity index (χ0) is 6.69. The fraction of sp³-hybridized carbons (Fsp3) is 0. The summed E-state index contributed by atoms with van der Waals surface area (Å²) in [6.45, 7) is 0. The first-order chi connectivity index (χ1) is 4.30. The van der Waals surface area contributed by atoms with E-state index in [0.29, 0.717) is 5.76 Å². The molecule has 0 amide bonds. The predicted octanol–water partition coefficient (Wildman–Crippen LogP) is 0.632. The van der Waals surface area contributed by atoms with Gasteiger partial charge in [0.15, 0.2) is 5.76 Å². The summed E-state index contributed by atoms with van der Waals surface area (Å²) < 4.78 is 9.54. The molecule has 1 rings (SSSR count). The van der Waals surface area contributed by atoms with Crippen molar-refractivity contribution < 1.29 is 9.47 Å². The van der Waals surface area contributed by atoms with E-state index in [9.17, 15) is 0 Å². The average Bonchev–Trinajstić information content (AvgIpc) is 1.90. The molecule has 0 radical (unpaired) electrons. The first-order valence-corrected chi connectivity index (χ1v) is 2.68. The van der Waals surface area contributed by atoms with E-state index in [1.54, 1.807) is 0 Å². The van der Waals surface area contributed by atoms with Crippen molar-refractivity contribution in [2.45, 2.75) is 0 Å². The molecule has 1 heterocycles. The molecular weight excluding hydrogens is 138 g/mol. The van der Waals surface area contributed by atoms with E-state index in [1.165, 1.54) is 18.8 Å². The maximum Gasteiger partial charge on any atom is 0.195 e. The highest BCUT2D eigenvalue weighted by molar-refractivity contribution is 7.80. The summed E-state index contributed by atoms with van der Waals surface area (Å²) in [6, 6.07) is 0. The molecule has 0 aliphatic carbocycles. The molecule has 1 aliphatic rings. The van der Waals surface area contributed by atoms with Gasteiger partial charge in [0.25, 0.3) is 0 Å². The summed E-state index contributed by atoms with van der Waals surface area (Å²) in [5, 5.41) is 0. The number of hydrogen-bond acceptors (Lipinski definition) is 3. The molecule has 1 aliphatic heterocycles. The van der Waals surface area contributed by atoms with Crippen LogP contribution in [0.5, 0.6) is 0 Å². The minimum atomic E-state index is 0.194. The van der Waals surface area contributed by atoms with Crippen molar-refractivity contribution in [2.24, 2.45) is 5.73 Å². The fourth-order valence-corrected chi connectivity index (χ4v) is 0.474. The zero-order valence-corrected chi connectivity index (χ0v) is 5.35. The Balaban J connectivity index is 2.61. The van der Waals surface area contributed by atoms with Gasteiger partial charge in [-0.2, -0.15) is 0 Å². The van der Waals surface area contributed by atoms with Crippen LogP contribution in [0.3, 0.4) is 0 Å². The van der Waals surface area contributed by atoms with Crippen LogP contribution < -0.4 is 5.73 Å². The van der Waals surface area contributed by atoms with Crippen molar-refractivity contribution in [3.05, 3.63) is 24.5 Å². The van der Waals surface area contributed by atoms with E-state index >= 15 is 0 Å².